The topological polar surface area (TPSA) is 161 Å². The second kappa shape index (κ2) is 4.64. The summed E-state index contributed by atoms with van der Waals surface area (Å²) < 4.78 is 31.7. The van der Waals surface area contributed by atoms with Gasteiger partial charge in [0.25, 0.3) is 4.90 Å². The second-order valence-electron chi connectivity index (χ2n) is 3.91. The number of benzene rings is 2. The Morgan fingerprint density at radius 3 is 1.86 bits per heavy atom. The van der Waals surface area contributed by atoms with E-state index in [0.717, 1.165) is 12.1 Å². The molecule has 110 valence electrons. The molecule has 2 aromatic carbocycles. The number of nitro groups is 2. The van der Waals surface area contributed by atoms with Gasteiger partial charge in [0.15, 0.2) is 0 Å². The number of hydrogen-bond acceptors (Lipinski definition) is 7. The molecule has 0 aliphatic heterocycles. The van der Waals surface area contributed by atoms with Crippen LogP contribution in [0.3, 0.4) is 0 Å². The lowest BCUT2D eigenvalue weighted by Crippen LogP contribution is -2.08. The van der Waals surface area contributed by atoms with Gasteiger partial charge in [0.2, 0.25) is 5.75 Å². The summed E-state index contributed by atoms with van der Waals surface area (Å²) in [4.78, 5) is 18.0. The fraction of sp³-hybridized carbons (Fsp3) is 0. The zero-order chi connectivity index (χ0) is 15.9. The van der Waals surface area contributed by atoms with E-state index in [-0.39, 0.29) is 10.8 Å². The van der Waals surface area contributed by atoms with Crippen LogP contribution in [0.15, 0.2) is 29.2 Å². The number of rotatable bonds is 3. The van der Waals surface area contributed by atoms with Crippen LogP contribution in [0, 0.1) is 20.2 Å². The Hall–Kier alpha value is -2.79. The smallest absolute Gasteiger partial charge is 0.339 e. The number of phenolic OH excluding ortho intramolecular Hbond substituents is 1. The molecule has 21 heavy (non-hydrogen) atoms. The normalized spacial score (nSPS) is 11.5. The van der Waals surface area contributed by atoms with E-state index in [1.54, 1.807) is 0 Å². The maximum atomic E-state index is 11.3. The standard InChI is InChI=1S/C10H6N2O8S/c13-9-6-4-2-1-3-5(6)7(11(14)15)10(21(18,19)20)8(9)12(16)17/h1-4,13H,(H,18,19,20). The van der Waals surface area contributed by atoms with E-state index in [2.05, 4.69) is 0 Å². The third-order valence-corrected chi connectivity index (χ3v) is 3.62. The Balaban J connectivity index is 3.25. The molecule has 0 aliphatic rings. The van der Waals surface area contributed by atoms with Gasteiger partial charge in [0.1, 0.15) is 0 Å². The van der Waals surface area contributed by atoms with Gasteiger partial charge in [-0.2, -0.15) is 8.42 Å². The highest BCUT2D eigenvalue weighted by Gasteiger charge is 2.40. The van der Waals surface area contributed by atoms with Gasteiger partial charge in [-0.05, 0) is 6.07 Å². The Kier molecular flexibility index (Phi) is 3.23. The molecule has 2 rings (SSSR count). The maximum Gasteiger partial charge on any atom is 0.339 e. The van der Waals surface area contributed by atoms with Gasteiger partial charge in [-0.15, -0.1) is 0 Å². The first-order valence-electron chi connectivity index (χ1n) is 5.20. The van der Waals surface area contributed by atoms with Gasteiger partial charge in [0, 0.05) is 5.39 Å². The van der Waals surface area contributed by atoms with E-state index < -0.39 is 42.0 Å². The van der Waals surface area contributed by atoms with Gasteiger partial charge in [-0.25, -0.2) is 0 Å². The molecule has 0 atom stereocenters. The van der Waals surface area contributed by atoms with E-state index in [1.165, 1.54) is 12.1 Å². The van der Waals surface area contributed by atoms with Crippen molar-refractivity contribution >= 4 is 32.3 Å². The third kappa shape index (κ3) is 2.23. The molecule has 10 nitrogen and oxygen atoms in total. The highest BCUT2D eigenvalue weighted by molar-refractivity contribution is 7.86. The summed E-state index contributed by atoms with van der Waals surface area (Å²) in [5.74, 6) is -1.08. The summed E-state index contributed by atoms with van der Waals surface area (Å²) >= 11 is 0. The molecule has 0 aliphatic carbocycles. The summed E-state index contributed by atoms with van der Waals surface area (Å²) in [5, 5.41) is 31.3. The van der Waals surface area contributed by atoms with Crippen molar-refractivity contribution in [3.8, 4) is 5.75 Å². The van der Waals surface area contributed by atoms with Crippen LogP contribution in [0.2, 0.25) is 0 Å². The quantitative estimate of drug-likeness (QED) is 0.490. The Morgan fingerprint density at radius 2 is 1.43 bits per heavy atom. The molecule has 0 radical (unpaired) electrons. The molecule has 0 fully saturated rings. The zero-order valence-corrected chi connectivity index (χ0v) is 10.8. The van der Waals surface area contributed by atoms with E-state index >= 15 is 0 Å². The third-order valence-electron chi connectivity index (χ3n) is 2.71. The predicted molar refractivity (Wildman–Crippen MR) is 68.7 cm³/mol. The number of fused-ring (bicyclic) bond motifs is 1. The van der Waals surface area contributed by atoms with E-state index in [4.69, 9.17) is 4.55 Å². The molecular formula is C10H6N2O8S. The van der Waals surface area contributed by atoms with Crippen LogP contribution in [0.4, 0.5) is 11.4 Å². The molecule has 2 N–H and O–H groups in total. The first-order valence-corrected chi connectivity index (χ1v) is 6.64. The van der Waals surface area contributed by atoms with Gasteiger partial charge >= 0.3 is 21.5 Å². The average Bonchev–Trinajstić information content (AvgIpc) is 2.36. The molecule has 0 saturated carbocycles. The van der Waals surface area contributed by atoms with E-state index in [0.29, 0.717) is 0 Å². The van der Waals surface area contributed by atoms with Gasteiger partial charge < -0.3 is 5.11 Å². The van der Waals surface area contributed by atoms with Gasteiger partial charge in [0.05, 0.1) is 15.2 Å². The first-order chi connectivity index (χ1) is 9.66. The summed E-state index contributed by atoms with van der Waals surface area (Å²) in [7, 11) is -5.31. The summed E-state index contributed by atoms with van der Waals surface area (Å²) in [6.07, 6.45) is 0. The van der Waals surface area contributed by atoms with Crippen molar-refractivity contribution < 1.29 is 27.9 Å². The van der Waals surface area contributed by atoms with Crippen LogP contribution in [0.1, 0.15) is 0 Å². The Bertz CT molecular complexity index is 890. The lowest BCUT2D eigenvalue weighted by Gasteiger charge is -2.07. The minimum absolute atomic E-state index is 0.275. The second-order valence-corrected chi connectivity index (χ2v) is 5.27. The van der Waals surface area contributed by atoms with Crippen molar-refractivity contribution in [2.24, 2.45) is 0 Å². The Labute approximate surface area is 116 Å². The number of nitrogens with zero attached hydrogens (tertiary/aromatic N) is 2. The van der Waals surface area contributed by atoms with E-state index in [1.807, 2.05) is 0 Å². The SMILES string of the molecule is O=[N+]([O-])c1c(S(=O)(=O)O)c([N+](=O)[O-])c2ccccc2c1O. The molecular weight excluding hydrogens is 308 g/mol. The van der Waals surface area contributed by atoms with Crippen LogP contribution in [-0.2, 0) is 10.1 Å². The summed E-state index contributed by atoms with van der Waals surface area (Å²) in [5.41, 5.74) is -2.61. The van der Waals surface area contributed by atoms with Crippen molar-refractivity contribution in [3.05, 3.63) is 44.5 Å². The molecule has 0 heterocycles. The lowest BCUT2D eigenvalue weighted by molar-refractivity contribution is -0.399. The summed E-state index contributed by atoms with van der Waals surface area (Å²) in [6.45, 7) is 0. The zero-order valence-electron chi connectivity index (χ0n) is 9.96. The number of hydrogen-bond donors (Lipinski definition) is 2. The highest BCUT2D eigenvalue weighted by Crippen LogP contribution is 2.46. The average molecular weight is 314 g/mol. The fourth-order valence-corrected chi connectivity index (χ4v) is 2.81. The van der Waals surface area contributed by atoms with Crippen molar-refractivity contribution in [2.75, 3.05) is 0 Å². The minimum Gasteiger partial charge on any atom is -0.502 e. The number of aromatic hydroxyl groups is 1. The van der Waals surface area contributed by atoms with Gasteiger partial charge in [-0.1, -0.05) is 18.2 Å². The van der Waals surface area contributed by atoms with Crippen molar-refractivity contribution in [1.29, 1.82) is 0 Å². The van der Waals surface area contributed by atoms with E-state index in [9.17, 15) is 33.8 Å². The molecule has 2 aromatic rings. The van der Waals surface area contributed by atoms with Crippen LogP contribution >= 0.6 is 0 Å². The highest BCUT2D eigenvalue weighted by atomic mass is 32.2. The maximum absolute atomic E-state index is 11.3. The van der Waals surface area contributed by atoms with Crippen LogP contribution < -0.4 is 0 Å². The number of phenols is 1. The number of nitro benzene ring substituents is 2. The Morgan fingerprint density at radius 1 is 0.952 bits per heavy atom. The molecule has 11 heteroatoms. The lowest BCUT2D eigenvalue weighted by atomic mass is 10.1. The molecule has 0 unspecified atom stereocenters. The van der Waals surface area contributed by atoms with Crippen LogP contribution in [0.25, 0.3) is 10.8 Å². The largest absolute Gasteiger partial charge is 0.502 e. The first kappa shape index (κ1) is 14.6. The molecule has 0 aromatic heterocycles. The van der Waals surface area contributed by atoms with Crippen molar-refractivity contribution in [2.45, 2.75) is 4.90 Å². The molecule has 0 spiro atoms. The minimum atomic E-state index is -5.31. The summed E-state index contributed by atoms with van der Waals surface area (Å²) in [6, 6.07) is 4.92. The van der Waals surface area contributed by atoms with Gasteiger partial charge in [-0.3, -0.25) is 24.8 Å². The molecule has 0 saturated heterocycles. The monoisotopic (exact) mass is 314 g/mol. The van der Waals surface area contributed by atoms with Crippen molar-refractivity contribution in [3.63, 3.8) is 0 Å². The predicted octanol–water partition coefficient (Wildman–Crippen LogP) is 1.61. The van der Waals surface area contributed by atoms with Crippen LogP contribution in [0.5, 0.6) is 5.75 Å². The fourth-order valence-electron chi connectivity index (χ4n) is 1.96. The van der Waals surface area contributed by atoms with Crippen LogP contribution in [-0.4, -0.2) is 27.9 Å². The molecule has 0 amide bonds. The van der Waals surface area contributed by atoms with Crippen molar-refractivity contribution in [1.82, 2.24) is 0 Å². The molecule has 0 bridgehead atoms.